The molecule has 0 aliphatic carbocycles. The molecular formula is C24H25N3O9S2. The molecule has 0 unspecified atom stereocenters. The molecule has 12 nitrogen and oxygen atoms in total. The topological polar surface area (TPSA) is 167 Å². The molecular weight excluding hydrogens is 538 g/mol. The Bertz CT molecular complexity index is 1490. The van der Waals surface area contributed by atoms with Crippen LogP contribution in [0.5, 0.6) is 0 Å². The third-order valence-corrected chi connectivity index (χ3v) is 8.72. The second-order valence-corrected chi connectivity index (χ2v) is 11.6. The van der Waals surface area contributed by atoms with Crippen molar-refractivity contribution in [3.8, 4) is 0 Å². The number of non-ortho nitro benzene ring substituents is 2. The van der Waals surface area contributed by atoms with Crippen molar-refractivity contribution < 1.29 is 30.9 Å². The van der Waals surface area contributed by atoms with Crippen molar-refractivity contribution in [3.63, 3.8) is 0 Å². The number of nitro benzene ring substituents is 2. The summed E-state index contributed by atoms with van der Waals surface area (Å²) in [5.41, 5.74) is 0.667. The number of sulfonamides is 1. The Labute approximate surface area is 220 Å². The van der Waals surface area contributed by atoms with E-state index in [2.05, 4.69) is 6.92 Å². The van der Waals surface area contributed by atoms with E-state index in [0.29, 0.717) is 0 Å². The highest BCUT2D eigenvalue weighted by molar-refractivity contribution is 7.92. The molecule has 0 saturated heterocycles. The maximum absolute atomic E-state index is 13.5. The molecule has 0 aromatic heterocycles. The SMILES string of the molecule is CCCCc1ccc(N(CCOS(=O)(=O)c2ccc([N+](=O)[O-])cc2)S(=O)(=O)c2ccc([N+](=O)[O-])cc2)cc1. The van der Waals surface area contributed by atoms with Gasteiger partial charge in [0.2, 0.25) is 0 Å². The van der Waals surface area contributed by atoms with Crippen molar-refractivity contribution in [2.45, 2.75) is 36.0 Å². The van der Waals surface area contributed by atoms with E-state index < -0.39 is 43.1 Å². The summed E-state index contributed by atoms with van der Waals surface area (Å²) in [7, 11) is -8.60. The van der Waals surface area contributed by atoms with Gasteiger partial charge in [-0.05, 0) is 54.8 Å². The summed E-state index contributed by atoms with van der Waals surface area (Å²) >= 11 is 0. The molecule has 3 rings (SSSR count). The number of unbranched alkanes of at least 4 members (excludes halogenated alkanes) is 1. The van der Waals surface area contributed by atoms with Crippen molar-refractivity contribution in [1.82, 2.24) is 0 Å². The van der Waals surface area contributed by atoms with E-state index in [4.69, 9.17) is 4.18 Å². The number of benzene rings is 3. The Balaban J connectivity index is 1.87. The highest BCUT2D eigenvalue weighted by Gasteiger charge is 2.27. The van der Waals surface area contributed by atoms with Crippen LogP contribution in [0.3, 0.4) is 0 Å². The molecule has 0 N–H and O–H groups in total. The lowest BCUT2D eigenvalue weighted by atomic mass is 10.1. The number of hydrogen-bond donors (Lipinski definition) is 0. The summed E-state index contributed by atoms with van der Waals surface area (Å²) in [4.78, 5) is 19.9. The first-order valence-corrected chi connectivity index (χ1v) is 14.3. The summed E-state index contributed by atoms with van der Waals surface area (Å²) in [5.74, 6) is 0. The maximum Gasteiger partial charge on any atom is 0.297 e. The number of nitrogens with zero attached hydrogens (tertiary/aromatic N) is 3. The molecule has 3 aromatic carbocycles. The van der Waals surface area contributed by atoms with Crippen molar-refractivity contribution in [3.05, 3.63) is 98.6 Å². The van der Waals surface area contributed by atoms with Crippen LogP contribution in [0.25, 0.3) is 0 Å². The summed E-state index contributed by atoms with van der Waals surface area (Å²) < 4.78 is 58.1. The van der Waals surface area contributed by atoms with E-state index in [9.17, 15) is 37.1 Å². The fourth-order valence-electron chi connectivity index (χ4n) is 3.50. The Morgan fingerprint density at radius 1 is 0.763 bits per heavy atom. The molecule has 14 heteroatoms. The molecule has 38 heavy (non-hydrogen) atoms. The molecule has 0 radical (unpaired) electrons. The van der Waals surface area contributed by atoms with Crippen LogP contribution in [0.4, 0.5) is 17.1 Å². The van der Waals surface area contributed by atoms with Crippen LogP contribution in [0.15, 0.2) is 82.6 Å². The maximum atomic E-state index is 13.5. The summed E-state index contributed by atoms with van der Waals surface area (Å²) in [6.45, 7) is 1.08. The van der Waals surface area contributed by atoms with Gasteiger partial charge >= 0.3 is 0 Å². The molecule has 0 bridgehead atoms. The van der Waals surface area contributed by atoms with E-state index in [0.717, 1.165) is 77.7 Å². The fourth-order valence-corrected chi connectivity index (χ4v) is 5.85. The summed E-state index contributed by atoms with van der Waals surface area (Å²) in [6, 6.07) is 15.1. The van der Waals surface area contributed by atoms with Gasteiger partial charge in [0.15, 0.2) is 0 Å². The second-order valence-electron chi connectivity index (χ2n) is 8.13. The van der Waals surface area contributed by atoms with Crippen molar-refractivity contribution in [2.24, 2.45) is 0 Å². The molecule has 202 valence electrons. The predicted octanol–water partition coefficient (Wildman–Crippen LogP) is 4.45. The third kappa shape index (κ3) is 6.90. The van der Waals surface area contributed by atoms with Crippen LogP contribution in [-0.2, 0) is 30.7 Å². The van der Waals surface area contributed by atoms with Gasteiger partial charge in [0.25, 0.3) is 31.5 Å². The number of aryl methyl sites for hydroxylation is 1. The minimum Gasteiger partial charge on any atom is -0.264 e. The van der Waals surface area contributed by atoms with E-state index >= 15 is 0 Å². The molecule has 0 atom stereocenters. The molecule has 0 amide bonds. The first kappa shape index (κ1) is 28.7. The molecule has 3 aromatic rings. The molecule has 0 heterocycles. The van der Waals surface area contributed by atoms with Gasteiger partial charge in [0.1, 0.15) is 0 Å². The van der Waals surface area contributed by atoms with E-state index in [1.54, 1.807) is 24.3 Å². The lowest BCUT2D eigenvalue weighted by Crippen LogP contribution is -2.34. The average molecular weight is 564 g/mol. The van der Waals surface area contributed by atoms with Crippen LogP contribution < -0.4 is 4.31 Å². The van der Waals surface area contributed by atoms with Crippen LogP contribution in [0.2, 0.25) is 0 Å². The third-order valence-electron chi connectivity index (χ3n) is 5.55. The van der Waals surface area contributed by atoms with Gasteiger partial charge < -0.3 is 0 Å². The predicted molar refractivity (Wildman–Crippen MR) is 139 cm³/mol. The molecule has 0 fully saturated rings. The highest BCUT2D eigenvalue weighted by atomic mass is 32.2. The summed E-state index contributed by atoms with van der Waals surface area (Å²) in [6.07, 6.45) is 2.75. The number of anilines is 1. The smallest absolute Gasteiger partial charge is 0.264 e. The second kappa shape index (κ2) is 12.1. The normalized spacial score (nSPS) is 11.7. The summed E-state index contributed by atoms with van der Waals surface area (Å²) in [5, 5.41) is 21.8. The number of nitro groups is 2. The van der Waals surface area contributed by atoms with Crippen LogP contribution >= 0.6 is 0 Å². The van der Waals surface area contributed by atoms with Crippen molar-refractivity contribution in [1.29, 1.82) is 0 Å². The molecule has 0 aliphatic rings. The fraction of sp³-hybridized carbons (Fsp3) is 0.250. The van der Waals surface area contributed by atoms with E-state index in [1.807, 2.05) is 0 Å². The van der Waals surface area contributed by atoms with Gasteiger partial charge in [-0.3, -0.25) is 28.7 Å². The lowest BCUT2D eigenvalue weighted by Gasteiger charge is -2.24. The van der Waals surface area contributed by atoms with Gasteiger partial charge in [-0.15, -0.1) is 0 Å². The number of hydrogen-bond acceptors (Lipinski definition) is 9. The monoisotopic (exact) mass is 563 g/mol. The van der Waals surface area contributed by atoms with Gasteiger partial charge in [-0.25, -0.2) is 8.42 Å². The Morgan fingerprint density at radius 3 is 1.74 bits per heavy atom. The Kier molecular flexibility index (Phi) is 9.14. The highest BCUT2D eigenvalue weighted by Crippen LogP contribution is 2.26. The minimum atomic E-state index is -4.34. The molecule has 0 spiro atoms. The standard InChI is InChI=1S/C24H25N3O9S2/c1-2-3-4-19-5-7-20(8-6-19)25(37(32,33)23-13-9-21(10-14-23)26(28)29)17-18-36-38(34,35)24-15-11-22(12-16-24)27(30)31/h5-16H,2-4,17-18H2,1H3. The van der Waals surface area contributed by atoms with E-state index in [-0.39, 0.29) is 26.9 Å². The first-order chi connectivity index (χ1) is 18.0. The van der Waals surface area contributed by atoms with Crippen molar-refractivity contribution >= 4 is 37.2 Å². The van der Waals surface area contributed by atoms with Gasteiger partial charge in [-0.1, -0.05) is 25.5 Å². The Morgan fingerprint density at radius 2 is 1.26 bits per heavy atom. The molecule has 0 aliphatic heterocycles. The van der Waals surface area contributed by atoms with Crippen LogP contribution in [0.1, 0.15) is 25.3 Å². The van der Waals surface area contributed by atoms with Gasteiger partial charge in [0.05, 0.1) is 38.5 Å². The first-order valence-electron chi connectivity index (χ1n) is 11.5. The zero-order valence-corrected chi connectivity index (χ0v) is 21.9. The van der Waals surface area contributed by atoms with E-state index in [1.165, 1.54) is 0 Å². The van der Waals surface area contributed by atoms with Gasteiger partial charge in [0, 0.05) is 24.3 Å². The Hall–Kier alpha value is -3.88. The quantitative estimate of drug-likeness (QED) is 0.166. The zero-order valence-electron chi connectivity index (χ0n) is 20.3. The lowest BCUT2D eigenvalue weighted by molar-refractivity contribution is -0.385. The van der Waals surface area contributed by atoms with Gasteiger partial charge in [-0.2, -0.15) is 8.42 Å². The average Bonchev–Trinajstić information content (AvgIpc) is 2.90. The zero-order chi connectivity index (χ0) is 27.9. The van der Waals surface area contributed by atoms with Crippen molar-refractivity contribution in [2.75, 3.05) is 17.5 Å². The molecule has 0 saturated carbocycles. The van der Waals surface area contributed by atoms with Crippen LogP contribution in [0, 0.1) is 20.2 Å². The van der Waals surface area contributed by atoms with Crippen LogP contribution in [-0.4, -0.2) is 39.8 Å². The largest absolute Gasteiger partial charge is 0.297 e. The number of rotatable bonds is 13. The minimum absolute atomic E-state index is 0.226.